The molecule has 1 N–H and O–H groups in total. The number of fused-ring (bicyclic) bond motifs is 1. The van der Waals surface area contributed by atoms with E-state index in [2.05, 4.69) is 11.4 Å². The average Bonchev–Trinajstić information content (AvgIpc) is 2.77. The van der Waals surface area contributed by atoms with Crippen molar-refractivity contribution in [2.24, 2.45) is 0 Å². The maximum absolute atomic E-state index is 6.17. The Kier molecular flexibility index (Phi) is 2.78. The number of benzene rings is 1. The molecule has 86 valence electrons. The van der Waals surface area contributed by atoms with Crippen LogP contribution in [0.25, 0.3) is 0 Å². The van der Waals surface area contributed by atoms with Gasteiger partial charge in [0, 0.05) is 29.5 Å². The number of hydrogen-bond donors (Lipinski definition) is 1. The lowest BCUT2D eigenvalue weighted by Crippen LogP contribution is -2.28. The van der Waals surface area contributed by atoms with Gasteiger partial charge in [-0.15, -0.1) is 0 Å². The first-order valence-electron chi connectivity index (χ1n) is 6.00. The summed E-state index contributed by atoms with van der Waals surface area (Å²) in [5.74, 6) is 1.68. The molecule has 1 fully saturated rings. The summed E-state index contributed by atoms with van der Waals surface area (Å²) >= 11 is 6.17. The number of hydrogen-bond acceptors (Lipinski definition) is 2. The molecule has 1 saturated heterocycles. The summed E-state index contributed by atoms with van der Waals surface area (Å²) in [7, 11) is 0. The third-order valence-electron chi connectivity index (χ3n) is 3.51. The van der Waals surface area contributed by atoms with Gasteiger partial charge in [-0.05, 0) is 37.1 Å². The highest BCUT2D eigenvalue weighted by Gasteiger charge is 2.24. The van der Waals surface area contributed by atoms with Crippen molar-refractivity contribution in [2.75, 3.05) is 19.7 Å². The summed E-state index contributed by atoms with van der Waals surface area (Å²) in [6.07, 6.45) is 3.48. The second-order valence-electron chi connectivity index (χ2n) is 4.63. The van der Waals surface area contributed by atoms with Crippen LogP contribution in [0.3, 0.4) is 0 Å². The van der Waals surface area contributed by atoms with Crippen molar-refractivity contribution in [2.45, 2.75) is 25.2 Å². The molecular formula is C13H16ClNO. The van der Waals surface area contributed by atoms with Gasteiger partial charge >= 0.3 is 0 Å². The fraction of sp³-hybridized carbons (Fsp3) is 0.538. The Balaban J connectivity index is 1.99. The highest BCUT2D eigenvalue weighted by atomic mass is 35.5. The molecule has 0 aliphatic carbocycles. The maximum Gasteiger partial charge on any atom is 0.126 e. The van der Waals surface area contributed by atoms with Gasteiger partial charge in [0.2, 0.25) is 0 Å². The molecule has 0 bridgehead atoms. The third kappa shape index (κ3) is 1.80. The van der Waals surface area contributed by atoms with Gasteiger partial charge in [-0.1, -0.05) is 11.6 Å². The lowest BCUT2D eigenvalue weighted by molar-refractivity contribution is 0.346. The van der Waals surface area contributed by atoms with Crippen molar-refractivity contribution in [3.8, 4) is 5.75 Å². The molecule has 3 heteroatoms. The van der Waals surface area contributed by atoms with Crippen LogP contribution in [0, 0.1) is 0 Å². The molecule has 3 rings (SSSR count). The van der Waals surface area contributed by atoms with E-state index in [1.807, 2.05) is 6.07 Å². The standard InChI is InChI=1S/C13H16ClNO/c14-11-6-9-3-5-16-13(9)12(7-11)10-2-1-4-15-8-10/h6-7,10,15H,1-5,8H2. The van der Waals surface area contributed by atoms with E-state index in [1.54, 1.807) is 0 Å². The number of rotatable bonds is 1. The Hall–Kier alpha value is -0.730. The van der Waals surface area contributed by atoms with E-state index < -0.39 is 0 Å². The summed E-state index contributed by atoms with van der Waals surface area (Å²) < 4.78 is 5.75. The van der Waals surface area contributed by atoms with E-state index in [0.29, 0.717) is 5.92 Å². The van der Waals surface area contributed by atoms with E-state index in [4.69, 9.17) is 16.3 Å². The van der Waals surface area contributed by atoms with Crippen molar-refractivity contribution in [3.05, 3.63) is 28.3 Å². The van der Waals surface area contributed by atoms with Gasteiger partial charge in [-0.2, -0.15) is 0 Å². The Morgan fingerprint density at radius 1 is 1.38 bits per heavy atom. The Morgan fingerprint density at radius 2 is 2.31 bits per heavy atom. The molecule has 0 radical (unpaired) electrons. The first-order valence-corrected chi connectivity index (χ1v) is 6.38. The van der Waals surface area contributed by atoms with E-state index in [1.165, 1.54) is 24.0 Å². The Labute approximate surface area is 101 Å². The fourth-order valence-corrected chi connectivity index (χ4v) is 2.97. The molecule has 0 aromatic heterocycles. The number of piperidine rings is 1. The van der Waals surface area contributed by atoms with Gasteiger partial charge in [0.25, 0.3) is 0 Å². The molecule has 0 amide bonds. The van der Waals surface area contributed by atoms with Crippen LogP contribution in [-0.4, -0.2) is 19.7 Å². The van der Waals surface area contributed by atoms with Crippen LogP contribution >= 0.6 is 11.6 Å². The minimum atomic E-state index is 0.569. The molecule has 0 spiro atoms. The van der Waals surface area contributed by atoms with E-state index in [9.17, 15) is 0 Å². The normalized spacial score (nSPS) is 23.9. The van der Waals surface area contributed by atoms with Gasteiger partial charge in [-0.25, -0.2) is 0 Å². The zero-order valence-corrected chi connectivity index (χ0v) is 10.0. The van der Waals surface area contributed by atoms with E-state index in [-0.39, 0.29) is 0 Å². The van der Waals surface area contributed by atoms with Crippen LogP contribution < -0.4 is 10.1 Å². The minimum Gasteiger partial charge on any atom is -0.493 e. The van der Waals surface area contributed by atoms with Crippen molar-refractivity contribution in [1.82, 2.24) is 5.32 Å². The molecule has 1 aromatic rings. The molecule has 2 aliphatic heterocycles. The second kappa shape index (κ2) is 4.27. The van der Waals surface area contributed by atoms with E-state index >= 15 is 0 Å². The van der Waals surface area contributed by atoms with Crippen molar-refractivity contribution in [1.29, 1.82) is 0 Å². The smallest absolute Gasteiger partial charge is 0.126 e. The van der Waals surface area contributed by atoms with Crippen LogP contribution in [0.4, 0.5) is 0 Å². The molecule has 16 heavy (non-hydrogen) atoms. The first kappa shape index (κ1) is 10.4. The van der Waals surface area contributed by atoms with Crippen LogP contribution in [0.2, 0.25) is 5.02 Å². The predicted octanol–water partition coefficient (Wildman–Crippen LogP) is 2.74. The number of nitrogens with one attached hydrogen (secondary N) is 1. The summed E-state index contributed by atoms with van der Waals surface area (Å²) in [6, 6.07) is 4.13. The van der Waals surface area contributed by atoms with Crippen LogP contribution in [0.1, 0.15) is 29.9 Å². The summed E-state index contributed by atoms with van der Waals surface area (Å²) in [5, 5.41) is 4.30. The number of halogens is 1. The topological polar surface area (TPSA) is 21.3 Å². The zero-order chi connectivity index (χ0) is 11.0. The summed E-state index contributed by atoms with van der Waals surface area (Å²) in [5.41, 5.74) is 2.60. The van der Waals surface area contributed by atoms with Crippen molar-refractivity contribution >= 4 is 11.6 Å². The van der Waals surface area contributed by atoms with Crippen LogP contribution in [-0.2, 0) is 6.42 Å². The third-order valence-corrected chi connectivity index (χ3v) is 3.73. The molecule has 0 saturated carbocycles. The van der Waals surface area contributed by atoms with Gasteiger partial charge in [-0.3, -0.25) is 0 Å². The highest BCUT2D eigenvalue weighted by molar-refractivity contribution is 6.30. The molecule has 1 unspecified atom stereocenters. The van der Waals surface area contributed by atoms with Crippen molar-refractivity contribution < 1.29 is 4.74 Å². The molecule has 2 nitrogen and oxygen atoms in total. The molecule has 1 atom stereocenters. The average molecular weight is 238 g/mol. The Morgan fingerprint density at radius 3 is 3.12 bits per heavy atom. The lowest BCUT2D eigenvalue weighted by atomic mass is 9.90. The molecule has 1 aromatic carbocycles. The second-order valence-corrected chi connectivity index (χ2v) is 5.06. The van der Waals surface area contributed by atoms with E-state index in [0.717, 1.165) is 36.9 Å². The Bertz CT molecular complexity index is 399. The minimum absolute atomic E-state index is 0.569. The summed E-state index contributed by atoms with van der Waals surface area (Å²) in [6.45, 7) is 3.00. The quantitative estimate of drug-likeness (QED) is 0.811. The van der Waals surface area contributed by atoms with Crippen LogP contribution in [0.5, 0.6) is 5.75 Å². The van der Waals surface area contributed by atoms with Crippen LogP contribution in [0.15, 0.2) is 12.1 Å². The molecule has 2 heterocycles. The monoisotopic (exact) mass is 237 g/mol. The van der Waals surface area contributed by atoms with Gasteiger partial charge in [0.05, 0.1) is 6.61 Å². The van der Waals surface area contributed by atoms with Gasteiger partial charge in [0.15, 0.2) is 0 Å². The zero-order valence-electron chi connectivity index (χ0n) is 9.26. The highest BCUT2D eigenvalue weighted by Crippen LogP contribution is 2.39. The number of ether oxygens (including phenoxy) is 1. The maximum atomic E-state index is 6.17. The SMILES string of the molecule is Clc1cc2c(c(C3CCCNC3)c1)OCC2. The predicted molar refractivity (Wildman–Crippen MR) is 65.5 cm³/mol. The first-order chi connectivity index (χ1) is 7.84. The molecular weight excluding hydrogens is 222 g/mol. The summed E-state index contributed by atoms with van der Waals surface area (Å²) in [4.78, 5) is 0. The molecule has 2 aliphatic rings. The van der Waals surface area contributed by atoms with Gasteiger partial charge < -0.3 is 10.1 Å². The fourth-order valence-electron chi connectivity index (χ4n) is 2.72. The van der Waals surface area contributed by atoms with Gasteiger partial charge in [0.1, 0.15) is 5.75 Å². The lowest BCUT2D eigenvalue weighted by Gasteiger charge is -2.24. The van der Waals surface area contributed by atoms with Crippen molar-refractivity contribution in [3.63, 3.8) is 0 Å². The largest absolute Gasteiger partial charge is 0.493 e.